The first-order chi connectivity index (χ1) is 10.6. The molecular formula is C16H21N5O. The van der Waals surface area contributed by atoms with Gasteiger partial charge in [-0.1, -0.05) is 32.8 Å². The van der Waals surface area contributed by atoms with Crippen LogP contribution < -0.4 is 5.32 Å². The first-order valence-electron chi connectivity index (χ1n) is 7.79. The monoisotopic (exact) mass is 299 g/mol. The standard InChI is InChI=1S/C16H21N5O/c1-11-5-3-8-15(12(11)2)18-16(22)13-6-4-7-14(9-13)21-10-17-19-20-21/h4,6-7,9-12,15H,3,5,8H2,1-2H3,(H,18,22)/t11-,12+,15-/m1/s1. The number of carbonyl (C=O) groups is 1. The molecule has 0 bridgehead atoms. The van der Waals surface area contributed by atoms with Crippen LogP contribution in [0, 0.1) is 11.8 Å². The minimum absolute atomic E-state index is 0.0270. The minimum Gasteiger partial charge on any atom is -0.349 e. The summed E-state index contributed by atoms with van der Waals surface area (Å²) < 4.78 is 1.54. The second-order valence-corrected chi connectivity index (χ2v) is 6.15. The van der Waals surface area contributed by atoms with Crippen LogP contribution in [0.4, 0.5) is 0 Å². The summed E-state index contributed by atoms with van der Waals surface area (Å²) in [4.78, 5) is 12.5. The SMILES string of the molecule is C[C@H]1[C@H](C)CCC[C@H]1NC(=O)c1cccc(-n2cnnn2)c1. The molecule has 1 amide bonds. The lowest BCUT2D eigenvalue weighted by atomic mass is 9.78. The molecule has 0 spiro atoms. The van der Waals surface area contributed by atoms with Crippen molar-refractivity contribution in [3.8, 4) is 5.69 Å². The summed E-state index contributed by atoms with van der Waals surface area (Å²) in [5.41, 5.74) is 1.42. The van der Waals surface area contributed by atoms with E-state index in [0.717, 1.165) is 12.1 Å². The quantitative estimate of drug-likeness (QED) is 0.943. The van der Waals surface area contributed by atoms with Crippen LogP contribution in [0.2, 0.25) is 0 Å². The highest BCUT2D eigenvalue weighted by atomic mass is 16.1. The van der Waals surface area contributed by atoms with E-state index in [1.54, 1.807) is 4.68 Å². The highest BCUT2D eigenvalue weighted by Crippen LogP contribution is 2.29. The largest absolute Gasteiger partial charge is 0.349 e. The van der Waals surface area contributed by atoms with Crippen LogP contribution in [-0.2, 0) is 0 Å². The zero-order valence-electron chi connectivity index (χ0n) is 12.9. The third-order valence-electron chi connectivity index (χ3n) is 4.75. The van der Waals surface area contributed by atoms with Gasteiger partial charge in [-0.15, -0.1) is 5.10 Å². The summed E-state index contributed by atoms with van der Waals surface area (Å²) in [6, 6.07) is 7.60. The molecule has 1 aliphatic rings. The Kier molecular flexibility index (Phi) is 4.18. The smallest absolute Gasteiger partial charge is 0.251 e. The molecule has 0 aliphatic heterocycles. The number of amides is 1. The van der Waals surface area contributed by atoms with Gasteiger partial charge >= 0.3 is 0 Å². The number of tetrazole rings is 1. The number of rotatable bonds is 3. The van der Waals surface area contributed by atoms with E-state index in [0.29, 0.717) is 17.4 Å². The molecule has 1 saturated carbocycles. The number of nitrogens with zero attached hydrogens (tertiary/aromatic N) is 4. The van der Waals surface area contributed by atoms with Crippen molar-refractivity contribution >= 4 is 5.91 Å². The fraction of sp³-hybridized carbons (Fsp3) is 0.500. The molecule has 0 unspecified atom stereocenters. The van der Waals surface area contributed by atoms with Crippen LogP contribution in [0.3, 0.4) is 0 Å². The van der Waals surface area contributed by atoms with E-state index in [-0.39, 0.29) is 11.9 Å². The normalized spacial score (nSPS) is 24.9. The number of hydrogen-bond acceptors (Lipinski definition) is 4. The van der Waals surface area contributed by atoms with Crippen LogP contribution in [0.25, 0.3) is 5.69 Å². The Labute approximate surface area is 129 Å². The van der Waals surface area contributed by atoms with Gasteiger partial charge in [-0.3, -0.25) is 4.79 Å². The molecule has 6 nitrogen and oxygen atoms in total. The van der Waals surface area contributed by atoms with Crippen LogP contribution in [0.5, 0.6) is 0 Å². The van der Waals surface area contributed by atoms with E-state index in [4.69, 9.17) is 0 Å². The number of carbonyl (C=O) groups excluding carboxylic acids is 1. The van der Waals surface area contributed by atoms with Gasteiger partial charge in [0.15, 0.2) is 0 Å². The molecule has 3 rings (SSSR count). The molecule has 1 aromatic carbocycles. The summed E-state index contributed by atoms with van der Waals surface area (Å²) in [6.45, 7) is 4.49. The average molecular weight is 299 g/mol. The minimum atomic E-state index is -0.0270. The zero-order valence-corrected chi connectivity index (χ0v) is 12.9. The maximum Gasteiger partial charge on any atom is 0.251 e. The van der Waals surface area contributed by atoms with Crippen LogP contribution >= 0.6 is 0 Å². The topological polar surface area (TPSA) is 72.7 Å². The van der Waals surface area contributed by atoms with Crippen LogP contribution in [0.15, 0.2) is 30.6 Å². The van der Waals surface area contributed by atoms with Gasteiger partial charge < -0.3 is 5.32 Å². The van der Waals surface area contributed by atoms with E-state index in [2.05, 4.69) is 34.7 Å². The van der Waals surface area contributed by atoms with Crippen molar-refractivity contribution in [1.29, 1.82) is 0 Å². The highest BCUT2D eigenvalue weighted by molar-refractivity contribution is 5.94. The van der Waals surface area contributed by atoms with E-state index in [1.807, 2.05) is 24.3 Å². The molecular weight excluding hydrogens is 278 g/mol. The number of nitrogens with one attached hydrogen (secondary N) is 1. The molecule has 0 saturated heterocycles. The van der Waals surface area contributed by atoms with E-state index < -0.39 is 0 Å². The van der Waals surface area contributed by atoms with Crippen LogP contribution in [-0.4, -0.2) is 32.2 Å². The van der Waals surface area contributed by atoms with Crippen molar-refractivity contribution in [3.05, 3.63) is 36.2 Å². The fourth-order valence-electron chi connectivity index (χ4n) is 3.11. The number of aromatic nitrogens is 4. The molecule has 1 aromatic heterocycles. The Morgan fingerprint density at radius 3 is 2.95 bits per heavy atom. The van der Waals surface area contributed by atoms with Gasteiger partial charge in [-0.05, 0) is 46.9 Å². The lowest BCUT2D eigenvalue weighted by Crippen LogP contribution is -2.43. The Morgan fingerprint density at radius 1 is 1.32 bits per heavy atom. The molecule has 1 heterocycles. The molecule has 2 aromatic rings. The average Bonchev–Trinajstić information content (AvgIpc) is 3.06. The molecule has 1 N–H and O–H groups in total. The molecule has 3 atom stereocenters. The molecule has 0 radical (unpaired) electrons. The Morgan fingerprint density at radius 2 is 2.18 bits per heavy atom. The van der Waals surface area contributed by atoms with Crippen molar-refractivity contribution in [3.63, 3.8) is 0 Å². The third-order valence-corrected chi connectivity index (χ3v) is 4.75. The lowest BCUT2D eigenvalue weighted by Gasteiger charge is -2.34. The predicted molar refractivity (Wildman–Crippen MR) is 82.6 cm³/mol. The van der Waals surface area contributed by atoms with E-state index in [1.165, 1.54) is 19.2 Å². The van der Waals surface area contributed by atoms with Crippen molar-refractivity contribution < 1.29 is 4.79 Å². The van der Waals surface area contributed by atoms with Crippen molar-refractivity contribution in [2.45, 2.75) is 39.2 Å². The second-order valence-electron chi connectivity index (χ2n) is 6.15. The maximum atomic E-state index is 12.5. The third kappa shape index (κ3) is 3.00. The van der Waals surface area contributed by atoms with Gasteiger partial charge in [0.25, 0.3) is 5.91 Å². The molecule has 1 aliphatic carbocycles. The van der Waals surface area contributed by atoms with E-state index in [9.17, 15) is 4.79 Å². The van der Waals surface area contributed by atoms with Crippen molar-refractivity contribution in [2.75, 3.05) is 0 Å². The molecule has 1 fully saturated rings. The van der Waals surface area contributed by atoms with E-state index >= 15 is 0 Å². The van der Waals surface area contributed by atoms with Crippen LogP contribution in [0.1, 0.15) is 43.5 Å². The van der Waals surface area contributed by atoms with Crippen molar-refractivity contribution in [1.82, 2.24) is 25.5 Å². The Balaban J connectivity index is 1.74. The summed E-state index contributed by atoms with van der Waals surface area (Å²) >= 11 is 0. The Bertz CT molecular complexity index is 640. The van der Waals surface area contributed by atoms with Gasteiger partial charge in [0.2, 0.25) is 0 Å². The molecule has 22 heavy (non-hydrogen) atoms. The molecule has 116 valence electrons. The Hall–Kier alpha value is -2.24. The second kappa shape index (κ2) is 6.25. The highest BCUT2D eigenvalue weighted by Gasteiger charge is 2.28. The fourth-order valence-corrected chi connectivity index (χ4v) is 3.11. The first kappa shape index (κ1) is 14.7. The van der Waals surface area contributed by atoms with Gasteiger partial charge in [0.1, 0.15) is 6.33 Å². The zero-order chi connectivity index (χ0) is 15.5. The maximum absolute atomic E-state index is 12.5. The first-order valence-corrected chi connectivity index (χ1v) is 7.79. The summed E-state index contributed by atoms with van der Waals surface area (Å²) in [5.74, 6) is 1.15. The predicted octanol–water partition coefficient (Wildman–Crippen LogP) is 2.22. The molecule has 6 heteroatoms. The summed E-state index contributed by atoms with van der Waals surface area (Å²) in [7, 11) is 0. The summed E-state index contributed by atoms with van der Waals surface area (Å²) in [5, 5.41) is 14.3. The van der Waals surface area contributed by atoms with Gasteiger partial charge in [-0.25, -0.2) is 4.68 Å². The van der Waals surface area contributed by atoms with Gasteiger partial charge in [0, 0.05) is 11.6 Å². The number of hydrogen-bond donors (Lipinski definition) is 1. The van der Waals surface area contributed by atoms with Crippen molar-refractivity contribution in [2.24, 2.45) is 11.8 Å². The summed E-state index contributed by atoms with van der Waals surface area (Å²) in [6.07, 6.45) is 5.01. The number of benzene rings is 1. The lowest BCUT2D eigenvalue weighted by molar-refractivity contribution is 0.0891. The van der Waals surface area contributed by atoms with Gasteiger partial charge in [0.05, 0.1) is 5.69 Å². The van der Waals surface area contributed by atoms with Gasteiger partial charge in [-0.2, -0.15) is 0 Å².